The summed E-state index contributed by atoms with van der Waals surface area (Å²) in [5.41, 5.74) is 5.46. The third-order valence-electron chi connectivity index (χ3n) is 7.21. The van der Waals surface area contributed by atoms with E-state index in [9.17, 15) is 9.90 Å². The van der Waals surface area contributed by atoms with Crippen LogP contribution in [-0.2, 0) is 0 Å². The largest absolute Gasteiger partial charge is 0.387 e. The fourth-order valence-corrected chi connectivity index (χ4v) is 5.23. The summed E-state index contributed by atoms with van der Waals surface area (Å²) in [5.74, 6) is 1.41. The van der Waals surface area contributed by atoms with Crippen LogP contribution in [0.25, 0.3) is 5.52 Å². The van der Waals surface area contributed by atoms with Gasteiger partial charge in [0.1, 0.15) is 0 Å². The molecule has 2 fully saturated rings. The number of benzene rings is 1. The lowest BCUT2D eigenvalue weighted by Gasteiger charge is -2.33. The quantitative estimate of drug-likeness (QED) is 0.641. The first kappa shape index (κ1) is 20.3. The fraction of sp³-hybridized carbons (Fsp3) is 0.462. The predicted molar refractivity (Wildman–Crippen MR) is 121 cm³/mol. The lowest BCUT2D eigenvalue weighted by Crippen LogP contribution is -2.23. The van der Waals surface area contributed by atoms with Crippen molar-refractivity contribution in [3.63, 3.8) is 0 Å². The van der Waals surface area contributed by atoms with Gasteiger partial charge in [0.2, 0.25) is 0 Å². The number of aliphatic hydroxyl groups excluding tert-OH is 1. The van der Waals surface area contributed by atoms with E-state index in [-0.39, 0.29) is 11.8 Å². The number of rotatable bonds is 5. The van der Waals surface area contributed by atoms with Crippen LogP contribution in [-0.4, -0.2) is 39.4 Å². The molecule has 5 rings (SSSR count). The van der Waals surface area contributed by atoms with Crippen LogP contribution in [0.15, 0.2) is 48.9 Å². The molecule has 0 bridgehead atoms. The van der Waals surface area contributed by atoms with E-state index in [0.29, 0.717) is 11.8 Å². The van der Waals surface area contributed by atoms with Crippen LogP contribution < -0.4 is 0 Å². The molecule has 1 atom stereocenters. The Hall–Kier alpha value is -2.66. The fourth-order valence-electron chi connectivity index (χ4n) is 5.23. The minimum absolute atomic E-state index is 0.0403. The molecule has 1 amide bonds. The zero-order chi connectivity index (χ0) is 21.5. The minimum Gasteiger partial charge on any atom is -0.387 e. The molecule has 0 spiro atoms. The second kappa shape index (κ2) is 8.12. The van der Waals surface area contributed by atoms with Gasteiger partial charge in [0.15, 0.2) is 0 Å². The third kappa shape index (κ3) is 3.87. The summed E-state index contributed by atoms with van der Waals surface area (Å²) in [6.07, 6.45) is 9.88. The Bertz CT molecular complexity index is 1070. The maximum Gasteiger partial charge on any atom is 0.253 e. The van der Waals surface area contributed by atoms with E-state index in [1.807, 2.05) is 24.7 Å². The van der Waals surface area contributed by atoms with Crippen molar-refractivity contribution in [3.05, 3.63) is 71.3 Å². The molecule has 2 aliphatic carbocycles. The van der Waals surface area contributed by atoms with Gasteiger partial charge >= 0.3 is 0 Å². The van der Waals surface area contributed by atoms with E-state index in [2.05, 4.69) is 33.7 Å². The normalized spacial score (nSPS) is 22.4. The van der Waals surface area contributed by atoms with Gasteiger partial charge in [0.25, 0.3) is 5.91 Å². The average molecular weight is 418 g/mol. The zero-order valence-electron chi connectivity index (χ0n) is 18.4. The Morgan fingerprint density at radius 3 is 2.32 bits per heavy atom. The maximum absolute atomic E-state index is 12.1. The first-order valence-electron chi connectivity index (χ1n) is 11.5. The molecule has 0 unspecified atom stereocenters. The summed E-state index contributed by atoms with van der Waals surface area (Å²) in [7, 11) is 3.56. The molecule has 3 aromatic rings. The molecule has 2 aliphatic rings. The Balaban J connectivity index is 1.30. The summed E-state index contributed by atoms with van der Waals surface area (Å²) < 4.78 is 2.10. The van der Waals surface area contributed by atoms with Crippen LogP contribution in [0.3, 0.4) is 0 Å². The van der Waals surface area contributed by atoms with Gasteiger partial charge in [-0.2, -0.15) is 0 Å². The van der Waals surface area contributed by atoms with Crippen LogP contribution in [0.2, 0.25) is 0 Å². The molecule has 0 radical (unpaired) electrons. The van der Waals surface area contributed by atoms with Crippen molar-refractivity contribution in [3.8, 4) is 0 Å². The summed E-state index contributed by atoms with van der Waals surface area (Å²) >= 11 is 0. The predicted octanol–water partition coefficient (Wildman–Crippen LogP) is 4.92. The molecule has 2 aromatic heterocycles. The van der Waals surface area contributed by atoms with Crippen LogP contribution in [0.5, 0.6) is 0 Å². The second-order valence-corrected chi connectivity index (χ2v) is 9.51. The lowest BCUT2D eigenvalue weighted by atomic mass is 9.75. The molecule has 1 aromatic carbocycles. The summed E-state index contributed by atoms with van der Waals surface area (Å²) in [5, 5.41) is 11.4. The molecule has 2 saturated carbocycles. The highest BCUT2D eigenvalue weighted by Gasteiger charge is 2.34. The molecule has 5 heteroatoms. The van der Waals surface area contributed by atoms with Gasteiger partial charge in [-0.05, 0) is 85.6 Å². The third-order valence-corrected chi connectivity index (χ3v) is 7.21. The first-order valence-corrected chi connectivity index (χ1v) is 11.5. The Morgan fingerprint density at radius 2 is 1.68 bits per heavy atom. The van der Waals surface area contributed by atoms with E-state index in [1.165, 1.54) is 24.0 Å². The summed E-state index contributed by atoms with van der Waals surface area (Å²) in [6.45, 7) is 0. The topological polar surface area (TPSA) is 57.8 Å². The number of carbonyl (C=O) groups excluding carboxylic acids is 1. The number of hydrogen-bond donors (Lipinski definition) is 1. The minimum atomic E-state index is -0.450. The van der Waals surface area contributed by atoms with Crippen molar-refractivity contribution >= 4 is 11.4 Å². The van der Waals surface area contributed by atoms with Crippen LogP contribution in [0.4, 0.5) is 0 Å². The SMILES string of the molecule is CN(C)C(=O)c1ccc(C2CCC([C@@H](O)c3c(C4CC4)ccc4cncn34)CC2)cc1. The molecule has 5 nitrogen and oxygen atoms in total. The van der Waals surface area contributed by atoms with Gasteiger partial charge in [0.05, 0.1) is 29.8 Å². The molecular weight excluding hydrogens is 386 g/mol. The van der Waals surface area contributed by atoms with Gasteiger partial charge < -0.3 is 14.4 Å². The summed E-state index contributed by atoms with van der Waals surface area (Å²) in [4.78, 5) is 18.1. The number of fused-ring (bicyclic) bond motifs is 1. The van der Waals surface area contributed by atoms with Crippen LogP contribution in [0, 0.1) is 5.92 Å². The van der Waals surface area contributed by atoms with Crippen molar-refractivity contribution in [1.29, 1.82) is 0 Å². The Labute approximate surface area is 183 Å². The van der Waals surface area contributed by atoms with Crippen molar-refractivity contribution in [2.75, 3.05) is 14.1 Å². The van der Waals surface area contributed by atoms with Crippen molar-refractivity contribution in [2.45, 2.75) is 56.5 Å². The second-order valence-electron chi connectivity index (χ2n) is 9.51. The van der Waals surface area contributed by atoms with Gasteiger partial charge in [-0.1, -0.05) is 18.2 Å². The number of pyridine rings is 1. The van der Waals surface area contributed by atoms with Crippen molar-refractivity contribution in [2.24, 2.45) is 5.92 Å². The van der Waals surface area contributed by atoms with Crippen molar-refractivity contribution < 1.29 is 9.90 Å². The smallest absolute Gasteiger partial charge is 0.253 e. The highest BCUT2D eigenvalue weighted by atomic mass is 16.3. The van der Waals surface area contributed by atoms with E-state index in [1.54, 1.807) is 19.0 Å². The Morgan fingerprint density at radius 1 is 1.00 bits per heavy atom. The van der Waals surface area contributed by atoms with E-state index in [0.717, 1.165) is 42.5 Å². The average Bonchev–Trinajstić information content (AvgIpc) is 3.54. The van der Waals surface area contributed by atoms with Gasteiger partial charge in [-0.25, -0.2) is 4.98 Å². The van der Waals surface area contributed by atoms with Gasteiger partial charge in [-0.3, -0.25) is 4.79 Å². The number of aromatic nitrogens is 2. The number of nitrogens with zero attached hydrogens (tertiary/aromatic N) is 3. The number of hydrogen-bond acceptors (Lipinski definition) is 3. The highest BCUT2D eigenvalue weighted by Crippen LogP contribution is 2.47. The van der Waals surface area contributed by atoms with Crippen LogP contribution >= 0.6 is 0 Å². The number of carbonyl (C=O) groups is 1. The molecular formula is C26H31N3O2. The van der Waals surface area contributed by atoms with Gasteiger partial charge in [0, 0.05) is 19.7 Å². The molecule has 1 N–H and O–H groups in total. The molecule has 0 aliphatic heterocycles. The molecule has 162 valence electrons. The molecule has 2 heterocycles. The molecule has 0 saturated heterocycles. The van der Waals surface area contributed by atoms with Crippen LogP contribution in [0.1, 0.15) is 83.6 Å². The maximum atomic E-state index is 12.1. The van der Waals surface area contributed by atoms with E-state index < -0.39 is 6.10 Å². The number of imidazole rings is 1. The highest BCUT2D eigenvalue weighted by molar-refractivity contribution is 5.93. The monoisotopic (exact) mass is 417 g/mol. The standard InChI is InChI=1S/C26H31N3O2/c1-28(2)26(31)21-11-5-18(6-12-21)17-3-9-20(10-4-17)25(30)24-23(19-7-8-19)14-13-22-15-27-16-29(22)24/h5-6,11-17,19-20,25,30H,3-4,7-10H2,1-2H3/t17?,20?,25-/m1/s1. The van der Waals surface area contributed by atoms with E-state index in [4.69, 9.17) is 0 Å². The molecule has 31 heavy (non-hydrogen) atoms. The van der Waals surface area contributed by atoms with Crippen molar-refractivity contribution in [1.82, 2.24) is 14.3 Å². The van der Waals surface area contributed by atoms with Gasteiger partial charge in [-0.15, -0.1) is 0 Å². The first-order chi connectivity index (χ1) is 15.0. The van der Waals surface area contributed by atoms with E-state index >= 15 is 0 Å². The number of aliphatic hydroxyl groups is 1. The Kier molecular flexibility index (Phi) is 5.30. The zero-order valence-corrected chi connectivity index (χ0v) is 18.4. The summed E-state index contributed by atoms with van der Waals surface area (Å²) in [6, 6.07) is 12.4. The lowest BCUT2D eigenvalue weighted by molar-refractivity contribution is 0.0754. The number of amides is 1.